The highest BCUT2D eigenvalue weighted by atomic mass is 16.1. The summed E-state index contributed by atoms with van der Waals surface area (Å²) in [6.07, 6.45) is 1.55. The van der Waals surface area contributed by atoms with Gasteiger partial charge in [-0.25, -0.2) is 0 Å². The van der Waals surface area contributed by atoms with E-state index in [9.17, 15) is 4.79 Å². The van der Waals surface area contributed by atoms with Gasteiger partial charge in [0.1, 0.15) is 11.6 Å². The Labute approximate surface area is 105 Å². The van der Waals surface area contributed by atoms with E-state index in [1.807, 2.05) is 49.3 Å². The van der Waals surface area contributed by atoms with Crippen molar-refractivity contribution in [1.82, 2.24) is 4.98 Å². The summed E-state index contributed by atoms with van der Waals surface area (Å²) >= 11 is 0. The van der Waals surface area contributed by atoms with Gasteiger partial charge in [0.05, 0.1) is 0 Å². The van der Waals surface area contributed by atoms with Crippen LogP contribution in [0, 0.1) is 11.3 Å². The van der Waals surface area contributed by atoms with E-state index in [1.54, 1.807) is 12.3 Å². The number of anilines is 1. The first-order valence-electron chi connectivity index (χ1n) is 5.53. The summed E-state index contributed by atoms with van der Waals surface area (Å²) in [6.45, 7) is 0. The Kier molecular flexibility index (Phi) is 3.16. The number of hydrogen-bond acceptors (Lipinski definition) is 3. The van der Waals surface area contributed by atoms with Crippen molar-refractivity contribution in [2.75, 3.05) is 19.0 Å². The van der Waals surface area contributed by atoms with Gasteiger partial charge in [-0.1, -0.05) is 12.1 Å². The monoisotopic (exact) mass is 239 g/mol. The lowest BCUT2D eigenvalue weighted by Gasteiger charge is -2.12. The van der Waals surface area contributed by atoms with Crippen molar-refractivity contribution < 1.29 is 0 Å². The molecule has 4 heteroatoms. The molecule has 4 nitrogen and oxygen atoms in total. The fourth-order valence-corrected chi connectivity index (χ4v) is 1.77. The maximum absolute atomic E-state index is 11.5. The quantitative estimate of drug-likeness (QED) is 0.871. The van der Waals surface area contributed by atoms with E-state index in [2.05, 4.69) is 4.98 Å². The zero-order valence-corrected chi connectivity index (χ0v) is 10.3. The van der Waals surface area contributed by atoms with Gasteiger partial charge in [-0.2, -0.15) is 5.26 Å². The number of hydrogen-bond donors (Lipinski definition) is 1. The highest BCUT2D eigenvalue weighted by Gasteiger charge is 2.08. The predicted molar refractivity (Wildman–Crippen MR) is 71.5 cm³/mol. The average Bonchev–Trinajstić information content (AvgIpc) is 2.38. The van der Waals surface area contributed by atoms with E-state index >= 15 is 0 Å². The fourth-order valence-electron chi connectivity index (χ4n) is 1.77. The largest absolute Gasteiger partial charge is 0.378 e. The molecular weight excluding hydrogens is 226 g/mol. The summed E-state index contributed by atoms with van der Waals surface area (Å²) in [5.41, 5.74) is 2.39. The van der Waals surface area contributed by atoms with E-state index < -0.39 is 0 Å². The van der Waals surface area contributed by atoms with Gasteiger partial charge in [-0.15, -0.1) is 0 Å². The number of aromatic amines is 1. The third-order valence-corrected chi connectivity index (χ3v) is 2.77. The number of nitrogens with zero attached hydrogens (tertiary/aromatic N) is 2. The molecule has 0 aliphatic rings. The summed E-state index contributed by atoms with van der Waals surface area (Å²) in [5, 5.41) is 9.03. The molecule has 0 fully saturated rings. The molecule has 0 spiro atoms. The van der Waals surface area contributed by atoms with E-state index in [1.165, 1.54) is 0 Å². The molecule has 0 bridgehead atoms. The first-order chi connectivity index (χ1) is 8.63. The minimum atomic E-state index is -0.355. The number of H-pyrrole nitrogens is 1. The summed E-state index contributed by atoms with van der Waals surface area (Å²) in [6, 6.07) is 11.4. The molecule has 2 aromatic rings. The SMILES string of the molecule is CN(C)c1ccc(-c2cc[nH]c(=O)c2C#N)cc1. The first kappa shape index (κ1) is 11.9. The average molecular weight is 239 g/mol. The van der Waals surface area contributed by atoms with Crippen molar-refractivity contribution in [3.8, 4) is 17.2 Å². The Hall–Kier alpha value is -2.54. The second-order valence-electron chi connectivity index (χ2n) is 4.15. The van der Waals surface area contributed by atoms with Crippen molar-refractivity contribution >= 4 is 5.69 Å². The lowest BCUT2D eigenvalue weighted by molar-refractivity contribution is 1.13. The molecular formula is C14H13N3O. The number of nitrogens with one attached hydrogen (secondary N) is 1. The highest BCUT2D eigenvalue weighted by molar-refractivity contribution is 5.71. The minimum Gasteiger partial charge on any atom is -0.378 e. The topological polar surface area (TPSA) is 59.9 Å². The molecule has 1 aromatic carbocycles. The van der Waals surface area contributed by atoms with Gasteiger partial charge < -0.3 is 9.88 Å². The molecule has 90 valence electrons. The number of benzene rings is 1. The molecule has 0 atom stereocenters. The zero-order valence-electron chi connectivity index (χ0n) is 10.3. The molecule has 1 heterocycles. The Morgan fingerprint density at radius 2 is 1.83 bits per heavy atom. The van der Waals surface area contributed by atoms with Crippen LogP contribution in [-0.4, -0.2) is 19.1 Å². The number of nitriles is 1. The molecule has 0 aliphatic heterocycles. The summed E-state index contributed by atoms with van der Waals surface area (Å²) in [4.78, 5) is 16.0. The molecule has 1 N–H and O–H groups in total. The molecule has 0 aliphatic carbocycles. The van der Waals surface area contributed by atoms with Crippen LogP contribution in [0.3, 0.4) is 0 Å². The first-order valence-corrected chi connectivity index (χ1v) is 5.53. The van der Waals surface area contributed by atoms with Gasteiger partial charge in [0.15, 0.2) is 0 Å². The van der Waals surface area contributed by atoms with Crippen molar-refractivity contribution in [2.45, 2.75) is 0 Å². The molecule has 2 rings (SSSR count). The molecule has 18 heavy (non-hydrogen) atoms. The Morgan fingerprint density at radius 1 is 1.17 bits per heavy atom. The van der Waals surface area contributed by atoms with Crippen LogP contribution in [0.4, 0.5) is 5.69 Å². The number of aromatic nitrogens is 1. The molecule has 1 aromatic heterocycles. The van der Waals surface area contributed by atoms with Crippen LogP contribution in [0.1, 0.15) is 5.56 Å². The Bertz CT molecular complexity index is 648. The van der Waals surface area contributed by atoms with Crippen LogP contribution >= 0.6 is 0 Å². The van der Waals surface area contributed by atoms with E-state index in [4.69, 9.17) is 5.26 Å². The predicted octanol–water partition coefficient (Wildman–Crippen LogP) is 1.98. The third-order valence-electron chi connectivity index (χ3n) is 2.77. The van der Waals surface area contributed by atoms with Crippen molar-refractivity contribution in [1.29, 1.82) is 5.26 Å². The van der Waals surface area contributed by atoms with Crippen molar-refractivity contribution in [3.05, 3.63) is 52.4 Å². The standard InChI is InChI=1S/C14H13N3O/c1-17(2)11-5-3-10(4-6-11)12-7-8-16-14(18)13(12)9-15/h3-8H,1-2H3,(H,16,18). The Morgan fingerprint density at radius 3 is 2.39 bits per heavy atom. The summed E-state index contributed by atoms with van der Waals surface area (Å²) < 4.78 is 0. The number of pyridine rings is 1. The fraction of sp³-hybridized carbons (Fsp3) is 0.143. The van der Waals surface area contributed by atoms with Crippen LogP contribution in [0.25, 0.3) is 11.1 Å². The molecule has 0 radical (unpaired) electrons. The van der Waals surface area contributed by atoms with E-state index in [-0.39, 0.29) is 11.1 Å². The second kappa shape index (κ2) is 4.76. The molecule has 0 amide bonds. The van der Waals surface area contributed by atoms with Crippen molar-refractivity contribution in [2.24, 2.45) is 0 Å². The van der Waals surface area contributed by atoms with Crippen LogP contribution in [0.2, 0.25) is 0 Å². The summed E-state index contributed by atoms with van der Waals surface area (Å²) in [7, 11) is 3.92. The third kappa shape index (κ3) is 2.11. The maximum atomic E-state index is 11.5. The van der Waals surface area contributed by atoms with Gasteiger partial charge >= 0.3 is 0 Å². The van der Waals surface area contributed by atoms with Crippen LogP contribution < -0.4 is 10.5 Å². The smallest absolute Gasteiger partial charge is 0.266 e. The lowest BCUT2D eigenvalue weighted by atomic mass is 10.0. The normalized spacial score (nSPS) is 9.83. The van der Waals surface area contributed by atoms with Gasteiger partial charge in [0, 0.05) is 31.5 Å². The van der Waals surface area contributed by atoms with Crippen molar-refractivity contribution in [3.63, 3.8) is 0 Å². The van der Waals surface area contributed by atoms with Crippen LogP contribution in [0.15, 0.2) is 41.3 Å². The molecule has 0 saturated carbocycles. The highest BCUT2D eigenvalue weighted by Crippen LogP contribution is 2.23. The Balaban J connectivity index is 2.53. The molecule has 0 saturated heterocycles. The van der Waals surface area contributed by atoms with Crippen LogP contribution in [0.5, 0.6) is 0 Å². The van der Waals surface area contributed by atoms with Gasteiger partial charge in [-0.05, 0) is 23.8 Å². The zero-order chi connectivity index (χ0) is 13.1. The van der Waals surface area contributed by atoms with Gasteiger partial charge in [-0.3, -0.25) is 4.79 Å². The maximum Gasteiger partial charge on any atom is 0.266 e. The molecule has 0 unspecified atom stereocenters. The number of rotatable bonds is 2. The minimum absolute atomic E-state index is 0.148. The van der Waals surface area contributed by atoms with Gasteiger partial charge in [0.2, 0.25) is 0 Å². The second-order valence-corrected chi connectivity index (χ2v) is 4.15. The van der Waals surface area contributed by atoms with E-state index in [0.717, 1.165) is 11.3 Å². The van der Waals surface area contributed by atoms with Crippen LogP contribution in [-0.2, 0) is 0 Å². The van der Waals surface area contributed by atoms with Gasteiger partial charge in [0.25, 0.3) is 5.56 Å². The lowest BCUT2D eigenvalue weighted by Crippen LogP contribution is -2.10. The van der Waals surface area contributed by atoms with E-state index in [0.29, 0.717) is 5.56 Å². The summed E-state index contributed by atoms with van der Waals surface area (Å²) in [5.74, 6) is 0.